The summed E-state index contributed by atoms with van der Waals surface area (Å²) in [6.45, 7) is -0.235. The van der Waals surface area contributed by atoms with E-state index >= 15 is 0 Å². The fourth-order valence-corrected chi connectivity index (χ4v) is 4.89. The number of thioether (sulfide) groups is 1. The van der Waals surface area contributed by atoms with E-state index in [1.165, 1.54) is 11.0 Å². The Balaban J connectivity index is 1.64. The minimum atomic E-state index is -3.25. The number of nitrogens with zero attached hydrogens (tertiary/aromatic N) is 1. The Labute approximate surface area is 154 Å². The standard InChI is InChI=1S/C16H14N2O4S3/c19-14(17-12-6-7-25(21,22)10-12)9-18-15(20)13(24-16(18)23)8-11-4-2-1-3-5-11/h1-8,12H,9-10H2,(H,17,19)/b13-8-/t12-/m0/s1. The zero-order valence-corrected chi connectivity index (χ0v) is 15.4. The highest BCUT2D eigenvalue weighted by atomic mass is 32.2. The molecule has 0 radical (unpaired) electrons. The van der Waals surface area contributed by atoms with E-state index in [1.54, 1.807) is 6.08 Å². The highest BCUT2D eigenvalue weighted by molar-refractivity contribution is 8.26. The van der Waals surface area contributed by atoms with Crippen molar-refractivity contribution in [2.45, 2.75) is 6.04 Å². The Kier molecular flexibility index (Phi) is 5.07. The number of hydrogen-bond donors (Lipinski definition) is 1. The van der Waals surface area contributed by atoms with Crippen molar-refractivity contribution in [3.8, 4) is 0 Å². The Bertz CT molecular complexity index is 891. The smallest absolute Gasteiger partial charge is 0.266 e. The van der Waals surface area contributed by atoms with Gasteiger partial charge in [0.15, 0.2) is 9.84 Å². The molecule has 2 aliphatic heterocycles. The zero-order valence-electron chi connectivity index (χ0n) is 12.9. The van der Waals surface area contributed by atoms with Crippen LogP contribution in [0.1, 0.15) is 5.56 Å². The third-order valence-electron chi connectivity index (χ3n) is 3.55. The van der Waals surface area contributed by atoms with Gasteiger partial charge in [-0.15, -0.1) is 0 Å². The number of carbonyl (C=O) groups is 2. The molecule has 0 unspecified atom stereocenters. The van der Waals surface area contributed by atoms with Crippen molar-refractivity contribution < 1.29 is 18.0 Å². The first-order valence-electron chi connectivity index (χ1n) is 7.35. The molecule has 6 nitrogen and oxygen atoms in total. The lowest BCUT2D eigenvalue weighted by molar-refractivity contribution is -0.128. The van der Waals surface area contributed by atoms with Crippen LogP contribution >= 0.6 is 24.0 Å². The second kappa shape index (κ2) is 7.11. The summed E-state index contributed by atoms with van der Waals surface area (Å²) in [5, 5.41) is 3.66. The lowest BCUT2D eigenvalue weighted by atomic mass is 10.2. The topological polar surface area (TPSA) is 83.6 Å². The van der Waals surface area contributed by atoms with Crippen molar-refractivity contribution in [1.82, 2.24) is 10.2 Å². The minimum Gasteiger partial charge on any atom is -0.347 e. The second-order valence-corrected chi connectivity index (χ2v) is 9.12. The first-order valence-corrected chi connectivity index (χ1v) is 10.3. The van der Waals surface area contributed by atoms with Crippen LogP contribution in [0.4, 0.5) is 0 Å². The van der Waals surface area contributed by atoms with Gasteiger partial charge in [0.1, 0.15) is 10.9 Å². The van der Waals surface area contributed by atoms with Gasteiger partial charge in [-0.1, -0.05) is 54.3 Å². The maximum Gasteiger partial charge on any atom is 0.266 e. The summed E-state index contributed by atoms with van der Waals surface area (Å²) < 4.78 is 23.0. The Morgan fingerprint density at radius 2 is 2.08 bits per heavy atom. The van der Waals surface area contributed by atoms with Crippen LogP contribution in [-0.4, -0.2) is 47.8 Å². The average molecular weight is 394 g/mol. The van der Waals surface area contributed by atoms with Gasteiger partial charge in [-0.2, -0.15) is 0 Å². The molecule has 0 bridgehead atoms. The van der Waals surface area contributed by atoms with Crippen LogP contribution in [-0.2, 0) is 19.4 Å². The summed E-state index contributed by atoms with van der Waals surface area (Å²) in [5.41, 5.74) is 0.869. The Morgan fingerprint density at radius 1 is 1.36 bits per heavy atom. The van der Waals surface area contributed by atoms with Crippen LogP contribution in [0, 0.1) is 0 Å². The first kappa shape index (κ1) is 17.8. The van der Waals surface area contributed by atoms with E-state index in [0.717, 1.165) is 22.7 Å². The van der Waals surface area contributed by atoms with E-state index < -0.39 is 21.8 Å². The van der Waals surface area contributed by atoms with E-state index in [-0.39, 0.29) is 18.2 Å². The number of nitrogens with one attached hydrogen (secondary N) is 1. The molecule has 1 N–H and O–H groups in total. The number of thiocarbonyl (C=S) groups is 1. The summed E-state index contributed by atoms with van der Waals surface area (Å²) in [5.74, 6) is -0.946. The summed E-state index contributed by atoms with van der Waals surface area (Å²) >= 11 is 6.33. The number of sulfone groups is 1. The fraction of sp³-hybridized carbons (Fsp3) is 0.188. The number of carbonyl (C=O) groups excluding carboxylic acids is 2. The molecular weight excluding hydrogens is 380 g/mol. The fourth-order valence-electron chi connectivity index (χ4n) is 2.40. The van der Waals surface area contributed by atoms with Crippen LogP contribution in [0.3, 0.4) is 0 Å². The van der Waals surface area contributed by atoms with Gasteiger partial charge in [0, 0.05) is 5.41 Å². The van der Waals surface area contributed by atoms with Crippen LogP contribution in [0.15, 0.2) is 46.7 Å². The molecule has 0 spiro atoms. The van der Waals surface area contributed by atoms with Crippen molar-refractivity contribution in [3.63, 3.8) is 0 Å². The molecule has 0 saturated carbocycles. The maximum atomic E-state index is 12.5. The zero-order chi connectivity index (χ0) is 18.0. The van der Waals surface area contributed by atoms with E-state index in [9.17, 15) is 18.0 Å². The number of amides is 2. The van der Waals surface area contributed by atoms with Crippen molar-refractivity contribution in [2.24, 2.45) is 0 Å². The number of rotatable bonds is 4. The summed E-state index contributed by atoms with van der Waals surface area (Å²) in [6, 6.07) is 8.77. The Morgan fingerprint density at radius 3 is 2.72 bits per heavy atom. The third-order valence-corrected chi connectivity index (χ3v) is 6.32. The van der Waals surface area contributed by atoms with Gasteiger partial charge in [-0.25, -0.2) is 8.42 Å². The molecule has 1 saturated heterocycles. The second-order valence-electron chi connectivity index (χ2n) is 5.51. The van der Waals surface area contributed by atoms with E-state index in [1.807, 2.05) is 30.3 Å². The quantitative estimate of drug-likeness (QED) is 0.613. The molecule has 3 rings (SSSR count). The molecule has 1 fully saturated rings. The van der Waals surface area contributed by atoms with Crippen LogP contribution < -0.4 is 5.32 Å². The first-order chi connectivity index (χ1) is 11.8. The van der Waals surface area contributed by atoms with Gasteiger partial charge < -0.3 is 5.32 Å². The highest BCUT2D eigenvalue weighted by Gasteiger charge is 2.34. The molecule has 0 aromatic heterocycles. The van der Waals surface area contributed by atoms with Crippen LogP contribution in [0.25, 0.3) is 6.08 Å². The van der Waals surface area contributed by atoms with Crippen molar-refractivity contribution in [3.05, 3.63) is 52.3 Å². The van der Waals surface area contributed by atoms with Crippen molar-refractivity contribution in [1.29, 1.82) is 0 Å². The van der Waals surface area contributed by atoms with E-state index in [2.05, 4.69) is 5.32 Å². The molecule has 9 heteroatoms. The van der Waals surface area contributed by atoms with Crippen LogP contribution in [0.2, 0.25) is 0 Å². The largest absolute Gasteiger partial charge is 0.347 e. The van der Waals surface area contributed by atoms with Crippen LogP contribution in [0.5, 0.6) is 0 Å². The minimum absolute atomic E-state index is 0.162. The summed E-state index contributed by atoms with van der Waals surface area (Å²) in [6.07, 6.45) is 3.15. The molecule has 130 valence electrons. The molecule has 2 heterocycles. The predicted octanol–water partition coefficient (Wildman–Crippen LogP) is 1.31. The predicted molar refractivity (Wildman–Crippen MR) is 101 cm³/mol. The molecule has 1 aromatic rings. The van der Waals surface area contributed by atoms with E-state index in [4.69, 9.17) is 12.2 Å². The number of hydrogen-bond acceptors (Lipinski definition) is 6. The Hall–Kier alpha value is -1.97. The molecular formula is C16H14N2O4S3. The molecule has 25 heavy (non-hydrogen) atoms. The SMILES string of the molecule is O=C(CN1C(=O)/C(=C/c2ccccc2)SC1=S)N[C@H]1C=CS(=O)(=O)C1. The van der Waals surface area contributed by atoms with Gasteiger partial charge in [0.2, 0.25) is 5.91 Å². The summed E-state index contributed by atoms with van der Waals surface area (Å²) in [4.78, 5) is 26.2. The maximum absolute atomic E-state index is 12.5. The van der Waals surface area contributed by atoms with Crippen molar-refractivity contribution in [2.75, 3.05) is 12.3 Å². The normalized spacial score (nSPS) is 23.4. The molecule has 2 amide bonds. The van der Waals surface area contributed by atoms with E-state index in [0.29, 0.717) is 9.23 Å². The monoisotopic (exact) mass is 394 g/mol. The number of benzene rings is 1. The van der Waals surface area contributed by atoms with Crippen molar-refractivity contribution >= 4 is 56.0 Å². The molecule has 2 aliphatic rings. The molecule has 1 atom stereocenters. The van der Waals surface area contributed by atoms with Gasteiger partial charge >= 0.3 is 0 Å². The lowest BCUT2D eigenvalue weighted by Gasteiger charge is -2.16. The molecule has 0 aliphatic carbocycles. The highest BCUT2D eigenvalue weighted by Crippen LogP contribution is 2.32. The average Bonchev–Trinajstić information content (AvgIpc) is 3.02. The molecule has 1 aromatic carbocycles. The third kappa shape index (κ3) is 4.36. The van der Waals surface area contributed by atoms with Gasteiger partial charge in [0.05, 0.1) is 16.7 Å². The lowest BCUT2D eigenvalue weighted by Crippen LogP contribution is -2.43. The van der Waals surface area contributed by atoms with Gasteiger partial charge in [-0.05, 0) is 17.7 Å². The summed E-state index contributed by atoms with van der Waals surface area (Å²) in [7, 11) is -3.25. The van der Waals surface area contributed by atoms with Gasteiger partial charge in [-0.3, -0.25) is 14.5 Å². The van der Waals surface area contributed by atoms with Gasteiger partial charge in [0.25, 0.3) is 5.91 Å².